The molecule has 3 rings (SSSR count). The van der Waals surface area contributed by atoms with Gasteiger partial charge in [-0.25, -0.2) is 4.98 Å². The van der Waals surface area contributed by atoms with Crippen LogP contribution in [0, 0.1) is 20.8 Å². The highest BCUT2D eigenvalue weighted by Crippen LogP contribution is 2.20. The lowest BCUT2D eigenvalue weighted by Gasteiger charge is -2.02. The Kier molecular flexibility index (Phi) is 2.86. The molecule has 0 aliphatic rings. The Morgan fingerprint density at radius 2 is 1.79 bits per heavy atom. The number of hydrogen-bond acceptors (Lipinski definition) is 1. The molecule has 0 fully saturated rings. The Morgan fingerprint density at radius 1 is 1.00 bits per heavy atom. The Hall–Kier alpha value is -2.09. The number of H-pyrrole nitrogens is 1. The second-order valence-corrected chi connectivity index (χ2v) is 5.26. The number of imidazole rings is 1. The highest BCUT2D eigenvalue weighted by atomic mass is 14.9. The number of aromatic nitrogens is 2. The number of nitrogens with one attached hydrogen (secondary N) is 1. The third kappa shape index (κ3) is 2.26. The molecule has 0 aliphatic carbocycles. The molecule has 2 aromatic carbocycles. The van der Waals surface area contributed by atoms with Gasteiger partial charge < -0.3 is 4.98 Å². The molecule has 1 heterocycles. The Labute approximate surface area is 113 Å². The van der Waals surface area contributed by atoms with E-state index in [-0.39, 0.29) is 0 Å². The lowest BCUT2D eigenvalue weighted by atomic mass is 10.1. The van der Waals surface area contributed by atoms with E-state index in [4.69, 9.17) is 4.98 Å². The summed E-state index contributed by atoms with van der Waals surface area (Å²) in [5.41, 5.74) is 7.39. The summed E-state index contributed by atoms with van der Waals surface area (Å²) in [5, 5.41) is 0. The van der Waals surface area contributed by atoms with E-state index >= 15 is 0 Å². The molecule has 2 heteroatoms. The van der Waals surface area contributed by atoms with Gasteiger partial charge in [-0.15, -0.1) is 0 Å². The summed E-state index contributed by atoms with van der Waals surface area (Å²) in [6.45, 7) is 6.38. The van der Waals surface area contributed by atoms with Gasteiger partial charge in [0, 0.05) is 6.42 Å². The van der Waals surface area contributed by atoms with E-state index in [2.05, 4.69) is 62.2 Å². The first-order valence-electron chi connectivity index (χ1n) is 6.64. The van der Waals surface area contributed by atoms with Gasteiger partial charge in [-0.05, 0) is 49.1 Å². The Bertz CT molecular complexity index is 738. The largest absolute Gasteiger partial charge is 0.342 e. The maximum atomic E-state index is 4.73. The molecule has 0 spiro atoms. The summed E-state index contributed by atoms with van der Waals surface area (Å²) in [7, 11) is 0. The van der Waals surface area contributed by atoms with Crippen LogP contribution in [0.3, 0.4) is 0 Å². The molecule has 0 unspecified atom stereocenters. The first-order chi connectivity index (χ1) is 9.13. The fourth-order valence-electron chi connectivity index (χ4n) is 2.59. The Balaban J connectivity index is 2.03. The molecule has 2 nitrogen and oxygen atoms in total. The molecule has 96 valence electrons. The van der Waals surface area contributed by atoms with Crippen molar-refractivity contribution < 1.29 is 0 Å². The zero-order chi connectivity index (χ0) is 13.4. The van der Waals surface area contributed by atoms with Crippen LogP contribution in [-0.4, -0.2) is 9.97 Å². The van der Waals surface area contributed by atoms with Crippen molar-refractivity contribution in [3.63, 3.8) is 0 Å². The molecule has 0 saturated carbocycles. The number of nitrogens with zero attached hydrogens (tertiary/aromatic N) is 1. The molecule has 0 amide bonds. The number of fused-ring (bicyclic) bond motifs is 1. The zero-order valence-electron chi connectivity index (χ0n) is 11.6. The van der Waals surface area contributed by atoms with Crippen LogP contribution in [0.15, 0.2) is 36.4 Å². The predicted octanol–water partition coefficient (Wildman–Crippen LogP) is 4.08. The third-order valence-corrected chi connectivity index (χ3v) is 3.59. The van der Waals surface area contributed by atoms with Gasteiger partial charge in [0.1, 0.15) is 5.82 Å². The van der Waals surface area contributed by atoms with Crippen LogP contribution >= 0.6 is 0 Å². The fraction of sp³-hybridized carbons (Fsp3) is 0.235. The highest BCUT2D eigenvalue weighted by molar-refractivity contribution is 5.79. The van der Waals surface area contributed by atoms with Crippen molar-refractivity contribution in [1.29, 1.82) is 0 Å². The smallest absolute Gasteiger partial charge is 0.111 e. The summed E-state index contributed by atoms with van der Waals surface area (Å²) in [5.74, 6) is 1.04. The highest BCUT2D eigenvalue weighted by Gasteiger charge is 2.07. The molecule has 0 radical (unpaired) electrons. The topological polar surface area (TPSA) is 28.7 Å². The van der Waals surface area contributed by atoms with Crippen LogP contribution in [-0.2, 0) is 6.42 Å². The first-order valence-corrected chi connectivity index (χ1v) is 6.64. The van der Waals surface area contributed by atoms with E-state index < -0.39 is 0 Å². The monoisotopic (exact) mass is 250 g/mol. The van der Waals surface area contributed by atoms with Gasteiger partial charge in [0.2, 0.25) is 0 Å². The summed E-state index contributed by atoms with van der Waals surface area (Å²) >= 11 is 0. The quantitative estimate of drug-likeness (QED) is 0.729. The van der Waals surface area contributed by atoms with Gasteiger partial charge in [-0.2, -0.15) is 0 Å². The van der Waals surface area contributed by atoms with E-state index in [0.29, 0.717) is 0 Å². The average molecular weight is 250 g/mol. The summed E-state index contributed by atoms with van der Waals surface area (Å²) in [4.78, 5) is 8.18. The van der Waals surface area contributed by atoms with Gasteiger partial charge in [0.25, 0.3) is 0 Å². The van der Waals surface area contributed by atoms with Crippen molar-refractivity contribution in [2.45, 2.75) is 27.2 Å². The van der Waals surface area contributed by atoms with Crippen molar-refractivity contribution in [1.82, 2.24) is 9.97 Å². The SMILES string of the molecule is Cc1cc(C)c2nc(Cc3ccccc3C)[nH]c2c1. The van der Waals surface area contributed by atoms with Gasteiger partial charge in [-0.1, -0.05) is 30.3 Å². The van der Waals surface area contributed by atoms with Gasteiger partial charge in [0.15, 0.2) is 0 Å². The maximum absolute atomic E-state index is 4.73. The van der Waals surface area contributed by atoms with Crippen molar-refractivity contribution in [2.24, 2.45) is 0 Å². The second kappa shape index (κ2) is 4.54. The van der Waals surface area contributed by atoms with Crippen LogP contribution in [0.25, 0.3) is 11.0 Å². The van der Waals surface area contributed by atoms with Crippen LogP contribution in [0.1, 0.15) is 28.1 Å². The van der Waals surface area contributed by atoms with Crippen molar-refractivity contribution in [3.05, 3.63) is 64.5 Å². The summed E-state index contributed by atoms with van der Waals surface area (Å²) < 4.78 is 0. The fourth-order valence-corrected chi connectivity index (χ4v) is 2.59. The molecule has 19 heavy (non-hydrogen) atoms. The van der Waals surface area contributed by atoms with E-state index in [1.54, 1.807) is 0 Å². The van der Waals surface area contributed by atoms with Crippen molar-refractivity contribution in [2.75, 3.05) is 0 Å². The summed E-state index contributed by atoms with van der Waals surface area (Å²) in [6, 6.07) is 12.8. The number of hydrogen-bond donors (Lipinski definition) is 1. The molecular weight excluding hydrogens is 232 g/mol. The summed E-state index contributed by atoms with van der Waals surface area (Å²) in [6.07, 6.45) is 0.861. The molecule has 0 aliphatic heterocycles. The molecule has 0 bridgehead atoms. The standard InChI is InChI=1S/C17H18N2/c1-11-8-13(3)17-15(9-11)18-16(19-17)10-14-7-5-4-6-12(14)2/h4-9H,10H2,1-3H3,(H,18,19). The molecule has 0 atom stereocenters. The minimum atomic E-state index is 0.861. The third-order valence-electron chi connectivity index (χ3n) is 3.59. The molecular formula is C17H18N2. The van der Waals surface area contributed by atoms with Gasteiger partial charge in [0.05, 0.1) is 11.0 Å². The van der Waals surface area contributed by atoms with E-state index in [9.17, 15) is 0 Å². The van der Waals surface area contributed by atoms with Crippen LogP contribution in [0.4, 0.5) is 0 Å². The van der Waals surface area contributed by atoms with E-state index in [1.165, 1.54) is 22.3 Å². The number of aryl methyl sites for hydroxylation is 3. The normalized spacial score (nSPS) is 11.1. The molecule has 0 saturated heterocycles. The van der Waals surface area contributed by atoms with E-state index in [1.807, 2.05) is 0 Å². The average Bonchev–Trinajstić information content (AvgIpc) is 2.75. The van der Waals surface area contributed by atoms with E-state index in [0.717, 1.165) is 23.3 Å². The van der Waals surface area contributed by atoms with Crippen molar-refractivity contribution >= 4 is 11.0 Å². The lowest BCUT2D eigenvalue weighted by molar-refractivity contribution is 1.02. The maximum Gasteiger partial charge on any atom is 0.111 e. The first kappa shape index (κ1) is 12.0. The number of rotatable bonds is 2. The predicted molar refractivity (Wildman–Crippen MR) is 79.6 cm³/mol. The van der Waals surface area contributed by atoms with Crippen molar-refractivity contribution in [3.8, 4) is 0 Å². The second-order valence-electron chi connectivity index (χ2n) is 5.26. The number of aromatic amines is 1. The van der Waals surface area contributed by atoms with Crippen LogP contribution in [0.5, 0.6) is 0 Å². The van der Waals surface area contributed by atoms with Gasteiger partial charge >= 0.3 is 0 Å². The zero-order valence-corrected chi connectivity index (χ0v) is 11.6. The molecule has 3 aromatic rings. The molecule has 1 N–H and O–H groups in total. The van der Waals surface area contributed by atoms with Gasteiger partial charge in [-0.3, -0.25) is 0 Å². The Morgan fingerprint density at radius 3 is 2.58 bits per heavy atom. The van der Waals surface area contributed by atoms with Crippen LogP contribution < -0.4 is 0 Å². The minimum absolute atomic E-state index is 0.861. The lowest BCUT2D eigenvalue weighted by Crippen LogP contribution is -1.93. The molecule has 1 aromatic heterocycles. The van der Waals surface area contributed by atoms with Crippen LogP contribution in [0.2, 0.25) is 0 Å². The minimum Gasteiger partial charge on any atom is -0.342 e. The number of benzene rings is 2.